The Kier molecular flexibility index (Phi) is 4.78. The van der Waals surface area contributed by atoms with Gasteiger partial charge < -0.3 is 15.2 Å². The lowest BCUT2D eigenvalue weighted by Crippen LogP contribution is -2.38. The highest BCUT2D eigenvalue weighted by Gasteiger charge is 2.14. The van der Waals surface area contributed by atoms with E-state index >= 15 is 0 Å². The average Bonchev–Trinajstić information content (AvgIpc) is 2.27. The summed E-state index contributed by atoms with van der Waals surface area (Å²) < 4.78 is 4.83. The molecule has 0 aromatic heterocycles. The molecule has 0 heterocycles. The van der Waals surface area contributed by atoms with Crippen LogP contribution in [0.5, 0.6) is 0 Å². The predicted octanol–water partition coefficient (Wildman–Crippen LogP) is 2.04. The highest BCUT2D eigenvalue weighted by molar-refractivity contribution is 6.31. The van der Waals surface area contributed by atoms with Gasteiger partial charge in [-0.05, 0) is 13.0 Å². The Balaban J connectivity index is 2.44. The minimum Gasteiger partial charge on any atom is -0.480 e. The summed E-state index contributed by atoms with van der Waals surface area (Å²) in [7, 11) is 0. The summed E-state index contributed by atoms with van der Waals surface area (Å²) in [5.41, 5.74) is 0.660. The van der Waals surface area contributed by atoms with Gasteiger partial charge in [0.05, 0.1) is 0 Å². The maximum absolute atomic E-state index is 11.2. The Labute approximate surface area is 103 Å². The quantitative estimate of drug-likeness (QED) is 0.865. The lowest BCUT2D eigenvalue weighted by molar-refractivity contribution is -0.138. The first kappa shape index (κ1) is 13.3. The van der Waals surface area contributed by atoms with Crippen molar-refractivity contribution in [2.45, 2.75) is 19.6 Å². The highest BCUT2D eigenvalue weighted by Crippen LogP contribution is 2.15. The first-order chi connectivity index (χ1) is 8.00. The first-order valence-electron chi connectivity index (χ1n) is 4.90. The zero-order chi connectivity index (χ0) is 12.8. The second-order valence-electron chi connectivity index (χ2n) is 3.37. The number of hydrogen-bond donors (Lipinski definition) is 2. The summed E-state index contributed by atoms with van der Waals surface area (Å²) in [5, 5.41) is 11.2. The summed E-state index contributed by atoms with van der Waals surface area (Å²) in [4.78, 5) is 21.7. The molecule has 1 atom stereocenters. The molecule has 2 N–H and O–H groups in total. The van der Waals surface area contributed by atoms with Crippen molar-refractivity contribution >= 4 is 23.7 Å². The van der Waals surface area contributed by atoms with Crippen LogP contribution in [0.25, 0.3) is 0 Å². The number of ether oxygens (including phenoxy) is 1. The molecule has 17 heavy (non-hydrogen) atoms. The topological polar surface area (TPSA) is 75.6 Å². The molecular weight excluding hydrogens is 246 g/mol. The molecule has 0 saturated heterocycles. The largest absolute Gasteiger partial charge is 0.480 e. The molecule has 6 heteroatoms. The van der Waals surface area contributed by atoms with Gasteiger partial charge >= 0.3 is 12.1 Å². The molecule has 1 rings (SSSR count). The van der Waals surface area contributed by atoms with Gasteiger partial charge in [0.15, 0.2) is 0 Å². The standard InChI is InChI=1S/C11H12ClNO4/c1-7(10(14)15)13-11(16)17-6-8-4-2-3-5-9(8)12/h2-5,7H,6H2,1H3,(H,13,16)(H,14,15)/t7-/m0/s1. The lowest BCUT2D eigenvalue weighted by atomic mass is 10.2. The predicted molar refractivity (Wildman–Crippen MR) is 61.9 cm³/mol. The summed E-state index contributed by atoms with van der Waals surface area (Å²) in [6.07, 6.45) is -0.792. The lowest BCUT2D eigenvalue weighted by Gasteiger charge is -2.10. The van der Waals surface area contributed by atoms with E-state index in [-0.39, 0.29) is 6.61 Å². The van der Waals surface area contributed by atoms with Crippen LogP contribution < -0.4 is 5.32 Å². The minimum absolute atomic E-state index is 0.00214. The molecule has 1 aromatic rings. The zero-order valence-corrected chi connectivity index (χ0v) is 9.90. The van der Waals surface area contributed by atoms with Gasteiger partial charge in [-0.2, -0.15) is 0 Å². The number of rotatable bonds is 4. The van der Waals surface area contributed by atoms with E-state index in [1.165, 1.54) is 6.92 Å². The van der Waals surface area contributed by atoms with Crippen LogP contribution in [0.1, 0.15) is 12.5 Å². The monoisotopic (exact) mass is 257 g/mol. The Morgan fingerprint density at radius 1 is 1.47 bits per heavy atom. The van der Waals surface area contributed by atoms with E-state index in [4.69, 9.17) is 21.4 Å². The summed E-state index contributed by atoms with van der Waals surface area (Å²) in [5.74, 6) is -1.13. The van der Waals surface area contributed by atoms with Gasteiger partial charge in [-0.1, -0.05) is 29.8 Å². The molecule has 0 spiro atoms. The van der Waals surface area contributed by atoms with Gasteiger partial charge in [-0.25, -0.2) is 4.79 Å². The van der Waals surface area contributed by atoms with Crippen LogP contribution in [-0.2, 0) is 16.1 Å². The minimum atomic E-state index is -1.13. The van der Waals surface area contributed by atoms with Gasteiger partial charge in [0.25, 0.3) is 0 Å². The van der Waals surface area contributed by atoms with E-state index in [0.29, 0.717) is 10.6 Å². The Bertz CT molecular complexity index is 422. The van der Waals surface area contributed by atoms with Crippen molar-refractivity contribution in [3.63, 3.8) is 0 Å². The second-order valence-corrected chi connectivity index (χ2v) is 3.78. The number of carboxylic acids is 1. The van der Waals surface area contributed by atoms with Crippen LogP contribution in [0.3, 0.4) is 0 Å². The van der Waals surface area contributed by atoms with Crippen molar-refractivity contribution in [1.29, 1.82) is 0 Å². The van der Waals surface area contributed by atoms with Crippen molar-refractivity contribution in [3.05, 3.63) is 34.9 Å². The van der Waals surface area contributed by atoms with Crippen LogP contribution in [0.2, 0.25) is 5.02 Å². The number of hydrogen-bond acceptors (Lipinski definition) is 3. The number of amides is 1. The molecule has 92 valence electrons. The summed E-state index contributed by atoms with van der Waals surface area (Å²) in [6.45, 7) is 1.34. The van der Waals surface area contributed by atoms with Gasteiger partial charge in [-0.15, -0.1) is 0 Å². The van der Waals surface area contributed by atoms with Crippen LogP contribution in [-0.4, -0.2) is 23.2 Å². The highest BCUT2D eigenvalue weighted by atomic mass is 35.5. The SMILES string of the molecule is C[C@H](NC(=O)OCc1ccccc1Cl)C(=O)O. The molecule has 0 aliphatic heterocycles. The summed E-state index contributed by atoms with van der Waals surface area (Å²) in [6, 6.07) is 5.93. The van der Waals surface area contributed by atoms with Crippen LogP contribution in [0, 0.1) is 0 Å². The fourth-order valence-corrected chi connectivity index (χ4v) is 1.23. The number of carbonyl (C=O) groups is 2. The van der Waals surface area contributed by atoms with Crippen molar-refractivity contribution in [2.24, 2.45) is 0 Å². The number of alkyl carbamates (subject to hydrolysis) is 1. The fourth-order valence-electron chi connectivity index (χ4n) is 1.04. The Morgan fingerprint density at radius 3 is 2.71 bits per heavy atom. The van der Waals surface area contributed by atoms with Gasteiger partial charge in [0.1, 0.15) is 12.6 Å². The normalized spacial score (nSPS) is 11.6. The molecule has 0 aliphatic carbocycles. The third-order valence-corrected chi connectivity index (χ3v) is 2.39. The van der Waals surface area contributed by atoms with E-state index < -0.39 is 18.1 Å². The molecule has 1 aromatic carbocycles. The molecule has 0 radical (unpaired) electrons. The van der Waals surface area contributed by atoms with E-state index in [1.54, 1.807) is 24.3 Å². The maximum atomic E-state index is 11.2. The molecular formula is C11H12ClNO4. The fraction of sp³-hybridized carbons (Fsp3) is 0.273. The van der Waals surface area contributed by atoms with E-state index in [1.807, 2.05) is 0 Å². The van der Waals surface area contributed by atoms with Gasteiger partial charge in [-0.3, -0.25) is 4.79 Å². The number of aliphatic carboxylic acids is 1. The summed E-state index contributed by atoms with van der Waals surface area (Å²) >= 11 is 5.86. The van der Waals surface area contributed by atoms with Gasteiger partial charge in [0, 0.05) is 10.6 Å². The number of nitrogens with one attached hydrogen (secondary N) is 1. The van der Waals surface area contributed by atoms with E-state index in [9.17, 15) is 9.59 Å². The third-order valence-electron chi connectivity index (χ3n) is 2.02. The van der Waals surface area contributed by atoms with Crippen LogP contribution >= 0.6 is 11.6 Å². The molecule has 0 saturated carbocycles. The van der Waals surface area contributed by atoms with Crippen LogP contribution in [0.15, 0.2) is 24.3 Å². The smallest absolute Gasteiger partial charge is 0.408 e. The van der Waals surface area contributed by atoms with Crippen molar-refractivity contribution in [2.75, 3.05) is 0 Å². The second kappa shape index (κ2) is 6.10. The molecule has 1 amide bonds. The third kappa shape index (κ3) is 4.32. The molecule has 0 aliphatic rings. The van der Waals surface area contributed by atoms with Crippen molar-refractivity contribution < 1.29 is 19.4 Å². The van der Waals surface area contributed by atoms with E-state index in [0.717, 1.165) is 0 Å². The molecule has 5 nitrogen and oxygen atoms in total. The molecule has 0 bridgehead atoms. The number of carboxylic acid groups (broad SMARTS) is 1. The van der Waals surface area contributed by atoms with Crippen molar-refractivity contribution in [1.82, 2.24) is 5.32 Å². The number of halogens is 1. The molecule has 0 unspecified atom stereocenters. The first-order valence-corrected chi connectivity index (χ1v) is 5.28. The molecule has 0 fully saturated rings. The maximum Gasteiger partial charge on any atom is 0.408 e. The number of benzene rings is 1. The van der Waals surface area contributed by atoms with Crippen molar-refractivity contribution in [3.8, 4) is 0 Å². The average molecular weight is 258 g/mol. The number of carbonyl (C=O) groups excluding carboxylic acids is 1. The Hall–Kier alpha value is -1.75. The zero-order valence-electron chi connectivity index (χ0n) is 9.14. The van der Waals surface area contributed by atoms with Gasteiger partial charge in [0.2, 0.25) is 0 Å². The Morgan fingerprint density at radius 2 is 2.12 bits per heavy atom. The van der Waals surface area contributed by atoms with E-state index in [2.05, 4.69) is 5.32 Å². The van der Waals surface area contributed by atoms with Crippen LogP contribution in [0.4, 0.5) is 4.79 Å².